The molecule has 0 aliphatic rings. The van der Waals surface area contributed by atoms with Crippen LogP contribution in [0.4, 0.5) is 4.39 Å². The molecule has 1 heterocycles. The molecule has 1 aromatic carbocycles. The van der Waals surface area contributed by atoms with Gasteiger partial charge in [-0.2, -0.15) is 0 Å². The molecule has 0 aliphatic heterocycles. The number of nitrogens with one attached hydrogen (secondary N) is 1. The lowest BCUT2D eigenvalue weighted by molar-refractivity contribution is 0.623. The van der Waals surface area contributed by atoms with E-state index in [-0.39, 0.29) is 5.82 Å². The first-order valence-electron chi connectivity index (χ1n) is 5.42. The van der Waals surface area contributed by atoms with Crippen LogP contribution >= 0.6 is 27.3 Å². The Balaban J connectivity index is 1.73. The summed E-state index contributed by atoms with van der Waals surface area (Å²) in [4.78, 5) is 1.30. The highest BCUT2D eigenvalue weighted by molar-refractivity contribution is 9.10. The molecular formula is C13H13BrFNS. The van der Waals surface area contributed by atoms with Crippen molar-refractivity contribution in [1.29, 1.82) is 0 Å². The third kappa shape index (κ3) is 4.22. The standard InChI is InChI=1S/C13H13BrFNS/c14-11-7-13(17-9-11)8-16-5-4-10-2-1-3-12(15)6-10/h1-3,6-7,9,16H,4-5,8H2. The number of rotatable bonds is 5. The Morgan fingerprint density at radius 2 is 2.18 bits per heavy atom. The first-order chi connectivity index (χ1) is 8.24. The zero-order chi connectivity index (χ0) is 12.1. The van der Waals surface area contributed by atoms with Crippen LogP contribution in [0.3, 0.4) is 0 Å². The van der Waals surface area contributed by atoms with E-state index in [1.54, 1.807) is 23.5 Å². The molecule has 2 aromatic rings. The van der Waals surface area contributed by atoms with Gasteiger partial charge in [0.2, 0.25) is 0 Å². The van der Waals surface area contributed by atoms with Gasteiger partial charge in [-0.25, -0.2) is 4.39 Å². The van der Waals surface area contributed by atoms with Crippen LogP contribution in [0.25, 0.3) is 0 Å². The van der Waals surface area contributed by atoms with Gasteiger partial charge in [-0.05, 0) is 52.7 Å². The first kappa shape index (κ1) is 12.7. The first-order valence-corrected chi connectivity index (χ1v) is 7.09. The Kier molecular flexibility index (Phi) is 4.71. The maximum Gasteiger partial charge on any atom is 0.123 e. The van der Waals surface area contributed by atoms with Crippen LogP contribution in [0.15, 0.2) is 40.2 Å². The predicted molar refractivity (Wildman–Crippen MR) is 73.8 cm³/mol. The Labute approximate surface area is 113 Å². The van der Waals surface area contributed by atoms with Crippen LogP contribution in [0.1, 0.15) is 10.4 Å². The Hall–Kier alpha value is -0.710. The summed E-state index contributed by atoms with van der Waals surface area (Å²) in [7, 11) is 0. The molecule has 0 spiro atoms. The zero-order valence-electron chi connectivity index (χ0n) is 9.25. The van der Waals surface area contributed by atoms with Gasteiger partial charge in [0.15, 0.2) is 0 Å². The molecule has 0 saturated carbocycles. The average Bonchev–Trinajstić information content (AvgIpc) is 2.71. The normalized spacial score (nSPS) is 10.7. The largest absolute Gasteiger partial charge is 0.312 e. The lowest BCUT2D eigenvalue weighted by Gasteiger charge is -2.03. The van der Waals surface area contributed by atoms with Gasteiger partial charge in [0.1, 0.15) is 5.82 Å². The summed E-state index contributed by atoms with van der Waals surface area (Å²) < 4.78 is 14.0. The molecule has 0 aliphatic carbocycles. The van der Waals surface area contributed by atoms with Crippen molar-refractivity contribution < 1.29 is 4.39 Å². The molecular weight excluding hydrogens is 301 g/mol. The molecule has 0 radical (unpaired) electrons. The zero-order valence-corrected chi connectivity index (χ0v) is 11.7. The average molecular weight is 314 g/mol. The van der Waals surface area contributed by atoms with Crippen LogP contribution < -0.4 is 5.32 Å². The van der Waals surface area contributed by atoms with Crippen LogP contribution in [-0.4, -0.2) is 6.54 Å². The Morgan fingerprint density at radius 1 is 1.29 bits per heavy atom. The van der Waals surface area contributed by atoms with Gasteiger partial charge < -0.3 is 5.32 Å². The van der Waals surface area contributed by atoms with Gasteiger partial charge in [-0.3, -0.25) is 0 Å². The summed E-state index contributed by atoms with van der Waals surface area (Å²) in [6, 6.07) is 8.87. The molecule has 0 atom stereocenters. The van der Waals surface area contributed by atoms with Gasteiger partial charge in [-0.1, -0.05) is 12.1 Å². The molecule has 0 bridgehead atoms. The quantitative estimate of drug-likeness (QED) is 0.823. The summed E-state index contributed by atoms with van der Waals surface area (Å²) >= 11 is 5.16. The summed E-state index contributed by atoms with van der Waals surface area (Å²) in [5, 5.41) is 5.42. The molecule has 0 unspecified atom stereocenters. The van der Waals surface area contributed by atoms with Crippen molar-refractivity contribution in [1.82, 2.24) is 5.32 Å². The van der Waals surface area contributed by atoms with Crippen LogP contribution in [0.5, 0.6) is 0 Å². The SMILES string of the molecule is Fc1cccc(CCNCc2cc(Br)cs2)c1. The van der Waals surface area contributed by atoms with E-state index in [0.29, 0.717) is 0 Å². The van der Waals surface area contributed by atoms with Crippen molar-refractivity contribution in [3.05, 3.63) is 56.4 Å². The summed E-state index contributed by atoms with van der Waals surface area (Å²) in [6.45, 7) is 1.73. The number of benzene rings is 1. The highest BCUT2D eigenvalue weighted by atomic mass is 79.9. The van der Waals surface area contributed by atoms with E-state index in [9.17, 15) is 4.39 Å². The fourth-order valence-electron chi connectivity index (χ4n) is 1.58. The van der Waals surface area contributed by atoms with Gasteiger partial charge in [-0.15, -0.1) is 11.3 Å². The van der Waals surface area contributed by atoms with Crippen molar-refractivity contribution in [2.24, 2.45) is 0 Å². The fourth-order valence-corrected chi connectivity index (χ4v) is 3.00. The molecule has 1 nitrogen and oxygen atoms in total. The fraction of sp³-hybridized carbons (Fsp3) is 0.231. The lowest BCUT2D eigenvalue weighted by atomic mass is 10.1. The van der Waals surface area contributed by atoms with Crippen molar-refractivity contribution in [2.45, 2.75) is 13.0 Å². The summed E-state index contributed by atoms with van der Waals surface area (Å²) in [5.41, 5.74) is 1.03. The molecule has 1 N–H and O–H groups in total. The molecule has 2 rings (SSSR count). The van der Waals surface area contributed by atoms with Crippen molar-refractivity contribution >= 4 is 27.3 Å². The van der Waals surface area contributed by atoms with E-state index in [0.717, 1.165) is 29.5 Å². The number of halogens is 2. The van der Waals surface area contributed by atoms with Crippen LogP contribution in [-0.2, 0) is 13.0 Å². The van der Waals surface area contributed by atoms with Gasteiger partial charge in [0.05, 0.1) is 0 Å². The van der Waals surface area contributed by atoms with Crippen molar-refractivity contribution in [3.63, 3.8) is 0 Å². The third-order valence-electron chi connectivity index (χ3n) is 2.40. The van der Waals surface area contributed by atoms with Gasteiger partial charge >= 0.3 is 0 Å². The second kappa shape index (κ2) is 6.28. The predicted octanol–water partition coefficient (Wildman–Crippen LogP) is 3.98. The molecule has 90 valence electrons. The molecule has 17 heavy (non-hydrogen) atoms. The van der Waals surface area contributed by atoms with E-state index >= 15 is 0 Å². The minimum atomic E-state index is -0.162. The number of hydrogen-bond acceptors (Lipinski definition) is 2. The number of thiophene rings is 1. The molecule has 0 saturated heterocycles. The minimum absolute atomic E-state index is 0.162. The smallest absolute Gasteiger partial charge is 0.123 e. The molecule has 4 heteroatoms. The number of hydrogen-bond donors (Lipinski definition) is 1. The van der Waals surface area contributed by atoms with E-state index in [4.69, 9.17) is 0 Å². The second-order valence-electron chi connectivity index (χ2n) is 3.79. The highest BCUT2D eigenvalue weighted by Crippen LogP contribution is 2.19. The van der Waals surface area contributed by atoms with E-state index in [2.05, 4.69) is 32.7 Å². The van der Waals surface area contributed by atoms with E-state index < -0.39 is 0 Å². The summed E-state index contributed by atoms with van der Waals surface area (Å²) in [6.07, 6.45) is 0.851. The maximum absolute atomic E-state index is 12.9. The van der Waals surface area contributed by atoms with Gasteiger partial charge in [0, 0.05) is 21.3 Å². The monoisotopic (exact) mass is 313 g/mol. The van der Waals surface area contributed by atoms with Crippen molar-refractivity contribution in [3.8, 4) is 0 Å². The lowest BCUT2D eigenvalue weighted by Crippen LogP contribution is -2.15. The molecule has 1 aromatic heterocycles. The van der Waals surface area contributed by atoms with Crippen LogP contribution in [0.2, 0.25) is 0 Å². The van der Waals surface area contributed by atoms with E-state index in [1.165, 1.54) is 10.9 Å². The van der Waals surface area contributed by atoms with Gasteiger partial charge in [0.25, 0.3) is 0 Å². The summed E-state index contributed by atoms with van der Waals surface area (Å²) in [5.74, 6) is -0.162. The third-order valence-corrected chi connectivity index (χ3v) is 4.10. The topological polar surface area (TPSA) is 12.0 Å². The Morgan fingerprint density at radius 3 is 2.88 bits per heavy atom. The van der Waals surface area contributed by atoms with Crippen molar-refractivity contribution in [2.75, 3.05) is 6.54 Å². The molecule has 0 fully saturated rings. The highest BCUT2D eigenvalue weighted by Gasteiger charge is 1.98. The maximum atomic E-state index is 12.9. The van der Waals surface area contributed by atoms with E-state index in [1.807, 2.05) is 6.07 Å². The minimum Gasteiger partial charge on any atom is -0.312 e. The molecule has 0 amide bonds. The Bertz CT molecular complexity index is 484. The van der Waals surface area contributed by atoms with Crippen LogP contribution in [0, 0.1) is 5.82 Å². The second-order valence-corrected chi connectivity index (χ2v) is 5.70.